The first kappa shape index (κ1) is 20.5. The van der Waals surface area contributed by atoms with E-state index in [1.165, 1.54) is 24.8 Å². The minimum Gasteiger partial charge on any atom is -0.381 e. The van der Waals surface area contributed by atoms with E-state index in [1.54, 1.807) is 0 Å². The Balaban J connectivity index is 1.45. The second-order valence-electron chi connectivity index (χ2n) is 11.2. The summed E-state index contributed by atoms with van der Waals surface area (Å²) < 4.78 is 6.04. The lowest BCUT2D eigenvalue weighted by atomic mass is 9.38. The van der Waals surface area contributed by atoms with Crippen LogP contribution in [0.25, 0.3) is 0 Å². The summed E-state index contributed by atoms with van der Waals surface area (Å²) in [6.45, 7) is 3.65. The molecule has 164 valence electrons. The Kier molecular flexibility index (Phi) is 5.22. The topological polar surface area (TPSA) is 64.3 Å². The van der Waals surface area contributed by atoms with E-state index in [9.17, 15) is 4.79 Å². The molecule has 4 bridgehead atoms. The third-order valence-corrected chi connectivity index (χ3v) is 8.77. The third kappa shape index (κ3) is 3.50. The first-order chi connectivity index (χ1) is 14.5. The van der Waals surface area contributed by atoms with Gasteiger partial charge in [-0.25, -0.2) is 0 Å². The summed E-state index contributed by atoms with van der Waals surface area (Å²) >= 11 is 0. The van der Waals surface area contributed by atoms with E-state index in [4.69, 9.17) is 10.5 Å². The molecule has 0 radical (unpaired) electrons. The maximum Gasteiger partial charge on any atom is 0.226 e. The fourth-order valence-corrected chi connectivity index (χ4v) is 8.09. The van der Waals surface area contributed by atoms with E-state index in [1.807, 2.05) is 0 Å². The minimum atomic E-state index is -0.230. The van der Waals surface area contributed by atoms with Crippen molar-refractivity contribution in [2.75, 3.05) is 13.2 Å². The molecule has 5 saturated carbocycles. The van der Waals surface area contributed by atoms with Gasteiger partial charge in [0.15, 0.2) is 0 Å². The standard InChI is InChI=1S/C26H38N2O2/c1-2-30-18-24-12-19-13-25(15-24,20-6-4-3-5-7-20)17-26(14-19,16-24)23(29)28-22-10-8-21(27)9-11-22/h3-7,19,21-22H,2,8-18,27H2,1H3,(H,28,29)/t19?,21-,22+,24-,25+,26?/m0/s1. The van der Waals surface area contributed by atoms with Crippen LogP contribution in [-0.4, -0.2) is 31.2 Å². The number of carbonyl (C=O) groups is 1. The Morgan fingerprint density at radius 1 is 1.07 bits per heavy atom. The van der Waals surface area contributed by atoms with Crippen molar-refractivity contribution in [3.63, 3.8) is 0 Å². The van der Waals surface area contributed by atoms with Gasteiger partial charge >= 0.3 is 0 Å². The van der Waals surface area contributed by atoms with Crippen LogP contribution in [0.1, 0.15) is 76.7 Å². The number of ether oxygens (including phenoxy) is 1. The van der Waals surface area contributed by atoms with Crippen LogP contribution < -0.4 is 11.1 Å². The van der Waals surface area contributed by atoms with Crippen LogP contribution in [0.4, 0.5) is 0 Å². The van der Waals surface area contributed by atoms with Crippen molar-refractivity contribution in [3.05, 3.63) is 35.9 Å². The molecule has 0 saturated heterocycles. The van der Waals surface area contributed by atoms with E-state index in [-0.39, 0.29) is 16.2 Å². The van der Waals surface area contributed by atoms with Crippen LogP contribution in [0.5, 0.6) is 0 Å². The Morgan fingerprint density at radius 2 is 1.83 bits per heavy atom. The van der Waals surface area contributed by atoms with Crippen molar-refractivity contribution >= 4 is 5.91 Å². The molecule has 0 aliphatic heterocycles. The monoisotopic (exact) mass is 410 g/mol. The van der Waals surface area contributed by atoms with E-state index in [0.29, 0.717) is 23.9 Å². The van der Waals surface area contributed by atoms with Gasteiger partial charge in [-0.1, -0.05) is 30.3 Å². The SMILES string of the molecule is CCOC[C@]12CC3CC(C(=O)N[C@H]4CC[C@@H](N)CC4)(C1)C[C@@](c1ccccc1)(C3)C2. The predicted octanol–water partition coefficient (Wildman–Crippen LogP) is 4.32. The molecular formula is C26H38N2O2. The molecule has 2 unspecified atom stereocenters. The fourth-order valence-electron chi connectivity index (χ4n) is 8.09. The average Bonchev–Trinajstić information content (AvgIpc) is 2.74. The lowest BCUT2D eigenvalue weighted by Crippen LogP contribution is -2.64. The van der Waals surface area contributed by atoms with Crippen molar-refractivity contribution in [3.8, 4) is 0 Å². The molecule has 0 spiro atoms. The largest absolute Gasteiger partial charge is 0.381 e. The number of amides is 1. The molecular weight excluding hydrogens is 372 g/mol. The van der Waals surface area contributed by atoms with E-state index in [0.717, 1.165) is 58.2 Å². The number of carbonyl (C=O) groups excluding carboxylic acids is 1. The van der Waals surface area contributed by atoms with E-state index < -0.39 is 0 Å². The molecule has 6 rings (SSSR count). The van der Waals surface area contributed by atoms with Crippen LogP contribution in [-0.2, 0) is 14.9 Å². The van der Waals surface area contributed by atoms with E-state index in [2.05, 4.69) is 42.6 Å². The molecule has 3 N–H and O–H groups in total. The Hall–Kier alpha value is -1.39. The Bertz CT molecular complexity index is 774. The number of nitrogens with one attached hydrogen (secondary N) is 1. The minimum absolute atomic E-state index is 0.129. The van der Waals surface area contributed by atoms with Gasteiger partial charge in [-0.3, -0.25) is 4.79 Å². The number of rotatable bonds is 6. The molecule has 0 heterocycles. The molecule has 4 nitrogen and oxygen atoms in total. The lowest BCUT2D eigenvalue weighted by molar-refractivity contribution is -0.172. The second-order valence-corrected chi connectivity index (χ2v) is 11.2. The first-order valence-corrected chi connectivity index (χ1v) is 12.2. The maximum absolute atomic E-state index is 13.9. The van der Waals surface area contributed by atoms with Crippen LogP contribution >= 0.6 is 0 Å². The van der Waals surface area contributed by atoms with Gasteiger partial charge in [0.25, 0.3) is 0 Å². The molecule has 5 aliphatic carbocycles. The molecule has 4 heteroatoms. The summed E-state index contributed by atoms with van der Waals surface area (Å²) in [4.78, 5) is 13.9. The first-order valence-electron chi connectivity index (χ1n) is 12.2. The summed E-state index contributed by atoms with van der Waals surface area (Å²) in [5.41, 5.74) is 7.58. The summed E-state index contributed by atoms with van der Waals surface area (Å²) in [7, 11) is 0. The molecule has 4 atom stereocenters. The van der Waals surface area contributed by atoms with Crippen molar-refractivity contribution in [2.24, 2.45) is 22.5 Å². The number of hydrogen-bond donors (Lipinski definition) is 2. The lowest BCUT2D eigenvalue weighted by Gasteiger charge is -2.66. The van der Waals surface area contributed by atoms with E-state index >= 15 is 0 Å². The van der Waals surface area contributed by atoms with Crippen LogP contribution in [0.3, 0.4) is 0 Å². The van der Waals surface area contributed by atoms with Crippen molar-refractivity contribution < 1.29 is 9.53 Å². The fraction of sp³-hybridized carbons (Fsp3) is 0.731. The second kappa shape index (κ2) is 7.63. The quantitative estimate of drug-likeness (QED) is 0.734. The Labute approximate surface area is 181 Å². The molecule has 5 fully saturated rings. The van der Waals surface area contributed by atoms with Crippen molar-refractivity contribution in [2.45, 2.75) is 88.6 Å². The maximum atomic E-state index is 13.9. The molecule has 1 amide bonds. The number of benzene rings is 1. The van der Waals surface area contributed by atoms with Gasteiger partial charge < -0.3 is 15.8 Å². The number of hydrogen-bond acceptors (Lipinski definition) is 3. The molecule has 0 aromatic heterocycles. The zero-order chi connectivity index (χ0) is 20.8. The smallest absolute Gasteiger partial charge is 0.226 e. The van der Waals surface area contributed by atoms with Gasteiger partial charge in [0.05, 0.1) is 12.0 Å². The van der Waals surface area contributed by atoms with Crippen LogP contribution in [0, 0.1) is 16.7 Å². The molecule has 5 aliphatic rings. The molecule has 1 aromatic rings. The highest BCUT2D eigenvalue weighted by Crippen LogP contribution is 2.70. The zero-order valence-corrected chi connectivity index (χ0v) is 18.5. The van der Waals surface area contributed by atoms with Crippen LogP contribution in [0.2, 0.25) is 0 Å². The summed E-state index contributed by atoms with van der Waals surface area (Å²) in [6, 6.07) is 11.7. The van der Waals surface area contributed by atoms with Gasteiger partial charge in [0, 0.05) is 18.7 Å². The van der Waals surface area contributed by atoms with Gasteiger partial charge in [-0.15, -0.1) is 0 Å². The van der Waals surface area contributed by atoms with Gasteiger partial charge in [0.2, 0.25) is 5.91 Å². The molecule has 30 heavy (non-hydrogen) atoms. The van der Waals surface area contributed by atoms with Crippen LogP contribution in [0.15, 0.2) is 30.3 Å². The highest BCUT2D eigenvalue weighted by molar-refractivity contribution is 5.84. The third-order valence-electron chi connectivity index (χ3n) is 8.77. The van der Waals surface area contributed by atoms with Gasteiger partial charge in [-0.2, -0.15) is 0 Å². The zero-order valence-electron chi connectivity index (χ0n) is 18.5. The normalized spacial score (nSPS) is 42.3. The van der Waals surface area contributed by atoms with Gasteiger partial charge in [-0.05, 0) is 93.4 Å². The highest BCUT2D eigenvalue weighted by Gasteiger charge is 2.66. The highest BCUT2D eigenvalue weighted by atomic mass is 16.5. The van der Waals surface area contributed by atoms with Crippen molar-refractivity contribution in [1.82, 2.24) is 5.32 Å². The summed E-state index contributed by atoms with van der Waals surface area (Å²) in [6.07, 6.45) is 10.8. The summed E-state index contributed by atoms with van der Waals surface area (Å²) in [5.74, 6) is 0.959. The van der Waals surface area contributed by atoms with Crippen molar-refractivity contribution in [1.29, 1.82) is 0 Å². The molecule has 1 aromatic carbocycles. The summed E-state index contributed by atoms with van der Waals surface area (Å²) in [5, 5.41) is 3.50. The Morgan fingerprint density at radius 3 is 2.57 bits per heavy atom. The van der Waals surface area contributed by atoms with Gasteiger partial charge in [0.1, 0.15) is 0 Å². The average molecular weight is 411 g/mol. The predicted molar refractivity (Wildman–Crippen MR) is 119 cm³/mol. The number of nitrogens with two attached hydrogens (primary N) is 1.